The summed E-state index contributed by atoms with van der Waals surface area (Å²) < 4.78 is 26.0. The average molecular weight is 268 g/mol. The van der Waals surface area contributed by atoms with Gasteiger partial charge in [-0.05, 0) is 19.1 Å². The number of pyridine rings is 1. The Labute approximate surface area is 105 Å². The molecule has 18 heavy (non-hydrogen) atoms. The van der Waals surface area contributed by atoms with Crippen molar-refractivity contribution in [2.75, 3.05) is 0 Å². The van der Waals surface area contributed by atoms with E-state index >= 15 is 0 Å². The van der Waals surface area contributed by atoms with Crippen molar-refractivity contribution in [1.82, 2.24) is 9.71 Å². The topological polar surface area (TPSA) is 126 Å². The Balaban J connectivity index is 2.86. The van der Waals surface area contributed by atoms with Gasteiger partial charge in [-0.25, -0.2) is 18.1 Å². The van der Waals surface area contributed by atoms with Crippen LogP contribution < -0.4 is 10.5 Å². The molecule has 0 aliphatic rings. The molecule has 1 aromatic rings. The average Bonchev–Trinajstić information content (AvgIpc) is 2.27. The van der Waals surface area contributed by atoms with Crippen LogP contribution in [0.4, 0.5) is 0 Å². The SMILES string of the molecule is CC(CC(N)=O)NS(=O)(=O)c1ccc(C#N)nc1. The lowest BCUT2D eigenvalue weighted by Crippen LogP contribution is -2.35. The van der Waals surface area contributed by atoms with Gasteiger partial charge in [0.1, 0.15) is 16.7 Å². The largest absolute Gasteiger partial charge is 0.370 e. The molecule has 7 nitrogen and oxygen atoms in total. The lowest BCUT2D eigenvalue weighted by Gasteiger charge is -2.12. The highest BCUT2D eigenvalue weighted by molar-refractivity contribution is 7.89. The fraction of sp³-hybridized carbons (Fsp3) is 0.300. The number of sulfonamides is 1. The minimum absolute atomic E-state index is 0.0715. The van der Waals surface area contributed by atoms with E-state index in [1.165, 1.54) is 19.1 Å². The molecule has 1 aromatic heterocycles. The highest BCUT2D eigenvalue weighted by atomic mass is 32.2. The van der Waals surface area contributed by atoms with Crippen LogP contribution >= 0.6 is 0 Å². The molecule has 0 radical (unpaired) electrons. The van der Waals surface area contributed by atoms with E-state index in [-0.39, 0.29) is 17.0 Å². The van der Waals surface area contributed by atoms with Gasteiger partial charge in [-0.2, -0.15) is 5.26 Å². The highest BCUT2D eigenvalue weighted by Crippen LogP contribution is 2.08. The van der Waals surface area contributed by atoms with Gasteiger partial charge >= 0.3 is 0 Å². The molecular weight excluding hydrogens is 256 g/mol. The molecule has 0 aliphatic heterocycles. The van der Waals surface area contributed by atoms with Crippen LogP contribution in [0.1, 0.15) is 19.0 Å². The van der Waals surface area contributed by atoms with Crippen LogP contribution in [-0.2, 0) is 14.8 Å². The van der Waals surface area contributed by atoms with E-state index in [0.29, 0.717) is 0 Å². The van der Waals surface area contributed by atoms with Crippen LogP contribution in [0.15, 0.2) is 23.2 Å². The van der Waals surface area contributed by atoms with Crippen molar-refractivity contribution in [2.45, 2.75) is 24.3 Å². The molecule has 1 heterocycles. The first-order valence-corrected chi connectivity index (χ1v) is 6.50. The number of nitrogens with two attached hydrogens (primary N) is 1. The second-order valence-electron chi connectivity index (χ2n) is 3.68. The summed E-state index contributed by atoms with van der Waals surface area (Å²) in [6.07, 6.45) is 0.987. The zero-order valence-corrected chi connectivity index (χ0v) is 10.4. The first-order valence-electron chi connectivity index (χ1n) is 5.02. The van der Waals surface area contributed by atoms with Gasteiger partial charge in [0.05, 0.1) is 0 Å². The van der Waals surface area contributed by atoms with Gasteiger partial charge in [-0.15, -0.1) is 0 Å². The molecule has 0 aliphatic carbocycles. The number of carbonyl (C=O) groups excluding carboxylic acids is 1. The Morgan fingerprint density at radius 2 is 2.28 bits per heavy atom. The molecule has 8 heteroatoms. The van der Waals surface area contributed by atoms with Gasteiger partial charge in [-0.3, -0.25) is 4.79 Å². The smallest absolute Gasteiger partial charge is 0.242 e. The van der Waals surface area contributed by atoms with Crippen molar-refractivity contribution in [3.8, 4) is 6.07 Å². The number of nitriles is 1. The van der Waals surface area contributed by atoms with Gasteiger partial charge in [0, 0.05) is 18.7 Å². The molecule has 96 valence electrons. The van der Waals surface area contributed by atoms with Crippen molar-refractivity contribution < 1.29 is 13.2 Å². The van der Waals surface area contributed by atoms with Crippen LogP contribution in [0.25, 0.3) is 0 Å². The zero-order valence-electron chi connectivity index (χ0n) is 9.62. The minimum Gasteiger partial charge on any atom is -0.370 e. The Hall–Kier alpha value is -1.98. The van der Waals surface area contributed by atoms with Gasteiger partial charge < -0.3 is 5.73 Å². The van der Waals surface area contributed by atoms with Gasteiger partial charge in [0.2, 0.25) is 15.9 Å². The van der Waals surface area contributed by atoms with E-state index < -0.39 is 22.0 Å². The third-order valence-electron chi connectivity index (χ3n) is 2.02. The number of hydrogen-bond donors (Lipinski definition) is 2. The number of aromatic nitrogens is 1. The Kier molecular flexibility index (Phi) is 4.36. The lowest BCUT2D eigenvalue weighted by atomic mass is 10.2. The molecular formula is C10H12N4O3S. The molecule has 1 amide bonds. The quantitative estimate of drug-likeness (QED) is 0.744. The van der Waals surface area contributed by atoms with E-state index in [1.54, 1.807) is 6.07 Å². The number of carbonyl (C=O) groups is 1. The van der Waals surface area contributed by atoms with E-state index in [0.717, 1.165) is 6.20 Å². The van der Waals surface area contributed by atoms with Gasteiger partial charge in [0.25, 0.3) is 0 Å². The Morgan fingerprint density at radius 1 is 1.61 bits per heavy atom. The van der Waals surface area contributed by atoms with Crippen molar-refractivity contribution in [3.63, 3.8) is 0 Å². The third-order valence-corrected chi connectivity index (χ3v) is 3.60. The number of primary amides is 1. The van der Waals surface area contributed by atoms with Crippen LogP contribution in [-0.4, -0.2) is 25.4 Å². The van der Waals surface area contributed by atoms with Crippen LogP contribution in [0, 0.1) is 11.3 Å². The molecule has 0 saturated carbocycles. The van der Waals surface area contributed by atoms with Crippen LogP contribution in [0.3, 0.4) is 0 Å². The zero-order chi connectivity index (χ0) is 13.8. The summed E-state index contributed by atoms with van der Waals surface area (Å²) in [6, 6.07) is 3.74. The summed E-state index contributed by atoms with van der Waals surface area (Å²) in [6.45, 7) is 1.53. The maximum atomic E-state index is 11.8. The maximum absolute atomic E-state index is 11.8. The standard InChI is InChI=1S/C10H12N4O3S/c1-7(4-10(12)15)14-18(16,17)9-3-2-8(5-11)13-6-9/h2-3,6-7,14H,4H2,1H3,(H2,12,15). The molecule has 0 saturated heterocycles. The maximum Gasteiger partial charge on any atom is 0.242 e. The number of nitrogens with one attached hydrogen (secondary N) is 1. The van der Waals surface area contributed by atoms with Gasteiger partial charge in [-0.1, -0.05) is 0 Å². The van der Waals surface area contributed by atoms with Crippen molar-refractivity contribution in [3.05, 3.63) is 24.0 Å². The Morgan fingerprint density at radius 3 is 2.72 bits per heavy atom. The number of hydrogen-bond acceptors (Lipinski definition) is 5. The summed E-state index contributed by atoms with van der Waals surface area (Å²) >= 11 is 0. The molecule has 1 rings (SSSR count). The monoisotopic (exact) mass is 268 g/mol. The normalized spacial score (nSPS) is 12.7. The predicted octanol–water partition coefficient (Wildman–Crippen LogP) is -0.505. The Bertz CT molecular complexity index is 574. The second kappa shape index (κ2) is 5.57. The summed E-state index contributed by atoms with van der Waals surface area (Å²) in [5.74, 6) is -0.594. The number of amides is 1. The molecule has 1 unspecified atom stereocenters. The van der Waals surface area contributed by atoms with Crippen molar-refractivity contribution in [2.24, 2.45) is 5.73 Å². The summed E-state index contributed by atoms with van der Waals surface area (Å²) in [7, 11) is -3.76. The second-order valence-corrected chi connectivity index (χ2v) is 5.40. The van der Waals surface area contributed by atoms with Crippen molar-refractivity contribution in [1.29, 1.82) is 5.26 Å². The minimum atomic E-state index is -3.76. The molecule has 0 aromatic carbocycles. The van der Waals surface area contributed by atoms with E-state index in [9.17, 15) is 13.2 Å². The van der Waals surface area contributed by atoms with Gasteiger partial charge in [0.15, 0.2) is 0 Å². The summed E-state index contributed by atoms with van der Waals surface area (Å²) in [4.78, 5) is 14.2. The number of rotatable bonds is 5. The van der Waals surface area contributed by atoms with Crippen LogP contribution in [0.2, 0.25) is 0 Å². The molecule has 3 N–H and O–H groups in total. The summed E-state index contributed by atoms with van der Waals surface area (Å²) in [5, 5.41) is 8.55. The first-order chi connectivity index (χ1) is 8.35. The van der Waals surface area contributed by atoms with E-state index in [2.05, 4.69) is 9.71 Å². The fourth-order valence-corrected chi connectivity index (χ4v) is 2.47. The lowest BCUT2D eigenvalue weighted by molar-refractivity contribution is -0.118. The molecule has 0 spiro atoms. The fourth-order valence-electron chi connectivity index (χ4n) is 1.28. The van der Waals surface area contributed by atoms with Crippen molar-refractivity contribution >= 4 is 15.9 Å². The predicted molar refractivity (Wildman–Crippen MR) is 62.5 cm³/mol. The molecule has 1 atom stereocenters. The molecule has 0 bridgehead atoms. The first kappa shape index (κ1) is 14.1. The molecule has 0 fully saturated rings. The summed E-state index contributed by atoms with van der Waals surface area (Å²) in [5.41, 5.74) is 5.09. The third kappa shape index (κ3) is 3.80. The highest BCUT2D eigenvalue weighted by Gasteiger charge is 2.18. The van der Waals surface area contributed by atoms with E-state index in [1.807, 2.05) is 0 Å². The van der Waals surface area contributed by atoms with Crippen LogP contribution in [0.5, 0.6) is 0 Å². The van der Waals surface area contributed by atoms with E-state index in [4.69, 9.17) is 11.0 Å². The number of nitrogens with zero attached hydrogens (tertiary/aromatic N) is 2.